The number of nitrogens with two attached hydrogens (primary N) is 2. The lowest BCUT2D eigenvalue weighted by Gasteiger charge is -2.36. The molecular weight excluding hydrogens is 490 g/mol. The molecule has 0 aliphatic carbocycles. The molecule has 10 heteroatoms. The van der Waals surface area contributed by atoms with E-state index >= 15 is 0 Å². The third kappa shape index (κ3) is 5.57. The minimum atomic E-state index is -0.486. The smallest absolute Gasteiger partial charge is 0.291 e. The van der Waals surface area contributed by atoms with Gasteiger partial charge in [0.15, 0.2) is 0 Å². The fraction of sp³-hybridized carbons (Fsp3) is 0.370. The lowest BCUT2D eigenvalue weighted by Crippen LogP contribution is -2.50. The van der Waals surface area contributed by atoms with Crippen LogP contribution in [0.25, 0.3) is 0 Å². The summed E-state index contributed by atoms with van der Waals surface area (Å²) < 4.78 is 2.51. The largest absolute Gasteiger partial charge is 0.392 e. The summed E-state index contributed by atoms with van der Waals surface area (Å²) in [6.07, 6.45) is 1.91. The maximum Gasteiger partial charge on any atom is 0.291 e. The van der Waals surface area contributed by atoms with Crippen molar-refractivity contribution < 1.29 is 0 Å². The van der Waals surface area contributed by atoms with E-state index in [1.807, 2.05) is 36.1 Å². The first kappa shape index (κ1) is 26.5. The van der Waals surface area contributed by atoms with E-state index in [2.05, 4.69) is 11.0 Å². The average Bonchev–Trinajstić information content (AvgIpc) is 2.87. The van der Waals surface area contributed by atoms with Gasteiger partial charge in [0.25, 0.3) is 11.1 Å². The van der Waals surface area contributed by atoms with Gasteiger partial charge in [-0.2, -0.15) is 5.26 Å². The van der Waals surface area contributed by atoms with E-state index in [0.717, 1.165) is 30.5 Å². The molecule has 0 saturated carbocycles. The maximum atomic E-state index is 14.0. The van der Waals surface area contributed by atoms with Crippen LogP contribution < -0.4 is 27.5 Å². The average molecular weight is 522 g/mol. The zero-order valence-electron chi connectivity index (χ0n) is 21.2. The number of aromatic nitrogens is 2. The standard InChI is InChI=1S/C27H32ClN7O2/c1-18-7-3-4-8-19(18)14-34(17-33-12-6-10-21(30)16-33)25-24(31)26(36)32(2)35(27(25)37)15-20-9-5-11-23(28)22(20)13-29/h3-5,7-9,11,21H,6,10,12,14-17,30-31H2,1-2H3. The number of nitriles is 1. The minimum absolute atomic E-state index is 0.00585. The molecule has 4 N–H and O–H groups in total. The molecule has 0 amide bonds. The highest BCUT2D eigenvalue weighted by Crippen LogP contribution is 2.23. The number of benzene rings is 2. The number of hydrogen-bond donors (Lipinski definition) is 2. The first-order valence-electron chi connectivity index (χ1n) is 12.3. The Hall–Kier alpha value is -3.58. The Morgan fingerprint density at radius 1 is 1.14 bits per heavy atom. The Morgan fingerprint density at radius 2 is 1.86 bits per heavy atom. The zero-order valence-corrected chi connectivity index (χ0v) is 21.9. The monoisotopic (exact) mass is 521 g/mol. The highest BCUT2D eigenvalue weighted by atomic mass is 35.5. The van der Waals surface area contributed by atoms with Crippen molar-refractivity contribution in [3.63, 3.8) is 0 Å². The number of aryl methyl sites for hydroxylation is 1. The Morgan fingerprint density at radius 3 is 2.57 bits per heavy atom. The molecule has 1 atom stereocenters. The van der Waals surface area contributed by atoms with Crippen LogP contribution in [-0.4, -0.2) is 40.1 Å². The van der Waals surface area contributed by atoms with Gasteiger partial charge < -0.3 is 16.4 Å². The van der Waals surface area contributed by atoms with Gasteiger partial charge >= 0.3 is 0 Å². The zero-order chi connectivity index (χ0) is 26.7. The summed E-state index contributed by atoms with van der Waals surface area (Å²) >= 11 is 6.22. The second-order valence-corrected chi connectivity index (χ2v) is 9.99. The van der Waals surface area contributed by atoms with Crippen LogP contribution >= 0.6 is 11.6 Å². The van der Waals surface area contributed by atoms with Crippen LogP contribution in [0.3, 0.4) is 0 Å². The van der Waals surface area contributed by atoms with Gasteiger partial charge in [0, 0.05) is 26.2 Å². The van der Waals surface area contributed by atoms with E-state index in [9.17, 15) is 14.9 Å². The minimum Gasteiger partial charge on any atom is -0.392 e. The number of likely N-dealkylation sites (tertiary alicyclic amines) is 1. The van der Waals surface area contributed by atoms with Gasteiger partial charge in [0.2, 0.25) is 0 Å². The fourth-order valence-electron chi connectivity index (χ4n) is 4.88. The predicted octanol–water partition coefficient (Wildman–Crippen LogP) is 2.40. The summed E-state index contributed by atoms with van der Waals surface area (Å²) in [6, 6.07) is 15.1. The van der Waals surface area contributed by atoms with Crippen molar-refractivity contribution in [1.82, 2.24) is 14.3 Å². The van der Waals surface area contributed by atoms with Gasteiger partial charge in [0.05, 0.1) is 23.8 Å². The van der Waals surface area contributed by atoms with Gasteiger partial charge in [-0.1, -0.05) is 48.0 Å². The molecule has 1 fully saturated rings. The van der Waals surface area contributed by atoms with Crippen LogP contribution in [0, 0.1) is 18.3 Å². The normalized spacial score (nSPS) is 15.9. The molecule has 9 nitrogen and oxygen atoms in total. The second-order valence-electron chi connectivity index (χ2n) is 9.58. The summed E-state index contributed by atoms with van der Waals surface area (Å²) in [5, 5.41) is 9.91. The van der Waals surface area contributed by atoms with Crippen LogP contribution in [0.15, 0.2) is 52.1 Å². The van der Waals surface area contributed by atoms with E-state index in [1.54, 1.807) is 18.2 Å². The maximum absolute atomic E-state index is 14.0. The highest BCUT2D eigenvalue weighted by molar-refractivity contribution is 6.31. The van der Waals surface area contributed by atoms with Crippen molar-refractivity contribution in [2.45, 2.75) is 38.9 Å². The Bertz CT molecular complexity index is 1460. The summed E-state index contributed by atoms with van der Waals surface area (Å²) in [5.74, 6) is 0. The topological polar surface area (TPSA) is 126 Å². The Labute approximate surface area is 221 Å². The first-order valence-corrected chi connectivity index (χ1v) is 12.6. The summed E-state index contributed by atoms with van der Waals surface area (Å²) in [4.78, 5) is 31.3. The molecule has 1 aromatic heterocycles. The van der Waals surface area contributed by atoms with Crippen molar-refractivity contribution in [2.24, 2.45) is 12.8 Å². The third-order valence-corrected chi connectivity index (χ3v) is 7.28. The summed E-state index contributed by atoms with van der Waals surface area (Å²) in [5.41, 5.74) is 14.6. The first-order chi connectivity index (χ1) is 17.7. The van der Waals surface area contributed by atoms with Crippen molar-refractivity contribution in [3.05, 3.63) is 90.4 Å². The molecule has 1 unspecified atom stereocenters. The van der Waals surface area contributed by atoms with E-state index in [-0.39, 0.29) is 34.5 Å². The van der Waals surface area contributed by atoms with Gasteiger partial charge in [-0.3, -0.25) is 14.5 Å². The molecule has 194 valence electrons. The van der Waals surface area contributed by atoms with Crippen LogP contribution in [0.5, 0.6) is 0 Å². The summed E-state index contributed by atoms with van der Waals surface area (Å²) in [6.45, 7) is 4.33. The van der Waals surface area contributed by atoms with Crippen LogP contribution in [0.1, 0.15) is 35.1 Å². The third-order valence-electron chi connectivity index (χ3n) is 6.96. The molecule has 37 heavy (non-hydrogen) atoms. The van der Waals surface area contributed by atoms with Gasteiger partial charge in [0.1, 0.15) is 17.4 Å². The lowest BCUT2D eigenvalue weighted by molar-refractivity contribution is 0.207. The summed E-state index contributed by atoms with van der Waals surface area (Å²) in [7, 11) is 1.50. The predicted molar refractivity (Wildman–Crippen MR) is 147 cm³/mol. The van der Waals surface area contributed by atoms with Gasteiger partial charge in [-0.05, 0) is 49.1 Å². The van der Waals surface area contributed by atoms with Crippen molar-refractivity contribution in [3.8, 4) is 6.07 Å². The fourth-order valence-corrected chi connectivity index (χ4v) is 5.12. The van der Waals surface area contributed by atoms with Crippen molar-refractivity contribution in [1.29, 1.82) is 5.26 Å². The number of nitrogens with zero attached hydrogens (tertiary/aromatic N) is 5. The van der Waals surface area contributed by atoms with Gasteiger partial charge in [-0.15, -0.1) is 0 Å². The number of rotatable bonds is 7. The van der Waals surface area contributed by atoms with Crippen molar-refractivity contribution >= 4 is 23.0 Å². The number of halogens is 1. The molecule has 3 aromatic rings. The Balaban J connectivity index is 1.83. The van der Waals surface area contributed by atoms with E-state index in [4.69, 9.17) is 23.1 Å². The molecule has 0 spiro atoms. The van der Waals surface area contributed by atoms with E-state index in [0.29, 0.717) is 25.3 Å². The Kier molecular flexibility index (Phi) is 8.03. The molecule has 1 aliphatic rings. The van der Waals surface area contributed by atoms with Gasteiger partial charge in [-0.25, -0.2) is 9.36 Å². The number of anilines is 2. The highest BCUT2D eigenvalue weighted by Gasteiger charge is 2.26. The molecule has 4 rings (SSSR count). The second kappa shape index (κ2) is 11.2. The molecule has 1 saturated heterocycles. The molecule has 2 heterocycles. The molecule has 0 radical (unpaired) electrons. The van der Waals surface area contributed by atoms with Crippen LogP contribution in [0.4, 0.5) is 11.4 Å². The number of nitrogen functional groups attached to an aromatic ring is 1. The number of piperidine rings is 1. The lowest BCUT2D eigenvalue weighted by atomic mass is 10.1. The van der Waals surface area contributed by atoms with E-state index < -0.39 is 11.1 Å². The molecule has 2 aromatic carbocycles. The number of hydrogen-bond acceptors (Lipinski definition) is 7. The molecule has 0 bridgehead atoms. The van der Waals surface area contributed by atoms with Crippen LogP contribution in [-0.2, 0) is 20.1 Å². The van der Waals surface area contributed by atoms with Crippen molar-refractivity contribution in [2.75, 3.05) is 30.4 Å². The SMILES string of the molecule is Cc1ccccc1CN(CN1CCCC(N)C1)c1c(N)c(=O)n(C)n(Cc2cccc(Cl)c2C#N)c1=O. The van der Waals surface area contributed by atoms with Crippen LogP contribution in [0.2, 0.25) is 5.02 Å². The molecule has 1 aliphatic heterocycles. The molecular formula is C27H32ClN7O2. The van der Waals surface area contributed by atoms with E-state index in [1.165, 1.54) is 16.4 Å². The quantitative estimate of drug-likeness (QED) is 0.488.